The molecule has 0 amide bonds. The Bertz CT molecular complexity index is 785. The van der Waals surface area contributed by atoms with Crippen LogP contribution in [-0.4, -0.2) is 13.3 Å². The molecule has 0 saturated heterocycles. The van der Waals surface area contributed by atoms with Crippen LogP contribution in [0.5, 0.6) is 0 Å². The van der Waals surface area contributed by atoms with Gasteiger partial charge in [-0.2, -0.15) is 0 Å². The predicted molar refractivity (Wildman–Crippen MR) is 83.0 cm³/mol. The van der Waals surface area contributed by atoms with E-state index in [1.54, 1.807) is 31.2 Å². The molecular weight excluding hydrogens is 304 g/mol. The molecule has 6 nitrogen and oxygen atoms in total. The number of benzene rings is 2. The van der Waals surface area contributed by atoms with Gasteiger partial charge in [0.25, 0.3) is 5.69 Å². The zero-order valence-corrected chi connectivity index (χ0v) is 13.0. The smallest absolute Gasteiger partial charge is 0.258 e. The zero-order valence-electron chi connectivity index (χ0n) is 12.2. The average molecular weight is 320 g/mol. The maximum absolute atomic E-state index is 12.3. The van der Waals surface area contributed by atoms with Crippen LogP contribution in [0.3, 0.4) is 0 Å². The van der Waals surface area contributed by atoms with Gasteiger partial charge in [0.1, 0.15) is 0 Å². The summed E-state index contributed by atoms with van der Waals surface area (Å²) in [4.78, 5) is 10.3. The maximum atomic E-state index is 12.3. The second-order valence-electron chi connectivity index (χ2n) is 5.01. The third-order valence-corrected chi connectivity index (χ3v) is 4.77. The van der Waals surface area contributed by atoms with Gasteiger partial charge in [0, 0.05) is 18.2 Å². The number of non-ortho nitro benzene ring substituents is 1. The van der Waals surface area contributed by atoms with Gasteiger partial charge in [-0.3, -0.25) is 10.1 Å². The van der Waals surface area contributed by atoms with Crippen molar-refractivity contribution in [2.45, 2.75) is 24.8 Å². The standard InChI is InChI=1S/C15H16N2O4S/c1-11-4-3-5-15(10-11)22(20,21)16-12(2)13-6-8-14(9-7-13)17(18)19/h3-10,12,16H,1-2H3. The van der Waals surface area contributed by atoms with Gasteiger partial charge in [0.05, 0.1) is 9.82 Å². The Labute approximate surface area is 129 Å². The largest absolute Gasteiger partial charge is 0.269 e. The van der Waals surface area contributed by atoms with Gasteiger partial charge < -0.3 is 0 Å². The third kappa shape index (κ3) is 3.69. The Morgan fingerprint density at radius 3 is 2.32 bits per heavy atom. The van der Waals surface area contributed by atoms with Crippen molar-refractivity contribution in [3.8, 4) is 0 Å². The number of nitrogens with zero attached hydrogens (tertiary/aromatic N) is 1. The molecule has 2 aromatic carbocycles. The quantitative estimate of drug-likeness (QED) is 0.677. The molecule has 0 fully saturated rings. The summed E-state index contributed by atoms with van der Waals surface area (Å²) >= 11 is 0. The van der Waals surface area contributed by atoms with Crippen molar-refractivity contribution in [3.05, 3.63) is 69.8 Å². The van der Waals surface area contributed by atoms with Gasteiger partial charge in [-0.15, -0.1) is 0 Å². The highest BCUT2D eigenvalue weighted by atomic mass is 32.2. The van der Waals surface area contributed by atoms with Crippen LogP contribution in [0.15, 0.2) is 53.4 Å². The minimum absolute atomic E-state index is 0.0301. The van der Waals surface area contributed by atoms with Crippen molar-refractivity contribution < 1.29 is 13.3 Å². The Morgan fingerprint density at radius 2 is 1.77 bits per heavy atom. The second-order valence-corrected chi connectivity index (χ2v) is 6.72. The molecule has 2 aromatic rings. The van der Waals surface area contributed by atoms with E-state index in [0.29, 0.717) is 5.56 Å². The van der Waals surface area contributed by atoms with E-state index in [1.165, 1.54) is 18.2 Å². The van der Waals surface area contributed by atoms with Gasteiger partial charge in [-0.05, 0) is 37.1 Å². The van der Waals surface area contributed by atoms with Crippen molar-refractivity contribution in [3.63, 3.8) is 0 Å². The van der Waals surface area contributed by atoms with Crippen LogP contribution < -0.4 is 4.72 Å². The number of sulfonamides is 1. The van der Waals surface area contributed by atoms with E-state index < -0.39 is 21.0 Å². The highest BCUT2D eigenvalue weighted by Crippen LogP contribution is 2.20. The van der Waals surface area contributed by atoms with Crippen molar-refractivity contribution in [2.75, 3.05) is 0 Å². The number of nitro benzene ring substituents is 1. The van der Waals surface area contributed by atoms with Gasteiger partial charge >= 0.3 is 0 Å². The molecule has 2 rings (SSSR count). The lowest BCUT2D eigenvalue weighted by molar-refractivity contribution is -0.384. The summed E-state index contributed by atoms with van der Waals surface area (Å²) in [6.45, 7) is 3.51. The Morgan fingerprint density at radius 1 is 1.14 bits per heavy atom. The fraction of sp³-hybridized carbons (Fsp3) is 0.200. The van der Waals surface area contributed by atoms with Crippen LogP contribution in [0.25, 0.3) is 0 Å². The summed E-state index contributed by atoms with van der Waals surface area (Å²) in [6.07, 6.45) is 0. The molecule has 0 aliphatic rings. The van der Waals surface area contributed by atoms with Gasteiger partial charge in [0.2, 0.25) is 10.0 Å². The fourth-order valence-electron chi connectivity index (χ4n) is 2.04. The van der Waals surface area contributed by atoms with Crippen LogP contribution in [0.4, 0.5) is 5.69 Å². The minimum atomic E-state index is -3.64. The SMILES string of the molecule is Cc1cccc(S(=O)(=O)NC(C)c2ccc([N+](=O)[O-])cc2)c1. The van der Waals surface area contributed by atoms with E-state index in [1.807, 2.05) is 13.0 Å². The molecule has 1 unspecified atom stereocenters. The first kappa shape index (κ1) is 16.1. The Kier molecular flexibility index (Phi) is 4.58. The molecule has 0 aromatic heterocycles. The molecule has 0 spiro atoms. The Hall–Kier alpha value is -2.25. The lowest BCUT2D eigenvalue weighted by atomic mass is 10.1. The molecule has 0 aliphatic carbocycles. The number of aryl methyl sites for hydroxylation is 1. The highest BCUT2D eigenvalue weighted by molar-refractivity contribution is 7.89. The number of rotatable bonds is 5. The topological polar surface area (TPSA) is 89.3 Å². The molecule has 1 atom stereocenters. The molecule has 1 N–H and O–H groups in total. The fourth-order valence-corrected chi connectivity index (χ4v) is 3.37. The van der Waals surface area contributed by atoms with E-state index in [4.69, 9.17) is 0 Å². The van der Waals surface area contributed by atoms with E-state index in [0.717, 1.165) is 5.56 Å². The molecule has 0 saturated carbocycles. The summed E-state index contributed by atoms with van der Waals surface area (Å²) in [7, 11) is -3.64. The van der Waals surface area contributed by atoms with E-state index in [-0.39, 0.29) is 10.6 Å². The first-order valence-corrected chi connectivity index (χ1v) is 8.11. The zero-order chi connectivity index (χ0) is 16.3. The lowest BCUT2D eigenvalue weighted by Crippen LogP contribution is -2.26. The van der Waals surface area contributed by atoms with Crippen molar-refractivity contribution in [1.82, 2.24) is 4.72 Å². The van der Waals surface area contributed by atoms with Crippen LogP contribution in [-0.2, 0) is 10.0 Å². The Balaban J connectivity index is 2.20. The molecule has 116 valence electrons. The number of nitrogens with one attached hydrogen (secondary N) is 1. The molecule has 22 heavy (non-hydrogen) atoms. The van der Waals surface area contributed by atoms with Crippen molar-refractivity contribution in [1.29, 1.82) is 0 Å². The minimum Gasteiger partial charge on any atom is -0.258 e. The van der Waals surface area contributed by atoms with Crippen LogP contribution >= 0.6 is 0 Å². The van der Waals surface area contributed by atoms with Crippen LogP contribution in [0, 0.1) is 17.0 Å². The molecule has 0 heterocycles. The number of nitro groups is 1. The highest BCUT2D eigenvalue weighted by Gasteiger charge is 2.19. The van der Waals surface area contributed by atoms with Gasteiger partial charge in [0.15, 0.2) is 0 Å². The summed E-state index contributed by atoms with van der Waals surface area (Å²) in [6, 6.07) is 11.9. The number of hydrogen-bond donors (Lipinski definition) is 1. The molecule has 7 heteroatoms. The van der Waals surface area contributed by atoms with Gasteiger partial charge in [-0.25, -0.2) is 13.1 Å². The first-order valence-electron chi connectivity index (χ1n) is 6.63. The molecule has 0 bridgehead atoms. The summed E-state index contributed by atoms with van der Waals surface area (Å²) < 4.78 is 27.2. The van der Waals surface area contributed by atoms with Crippen molar-refractivity contribution in [2.24, 2.45) is 0 Å². The first-order chi connectivity index (χ1) is 10.3. The normalized spacial score (nSPS) is 12.8. The van der Waals surface area contributed by atoms with E-state index in [2.05, 4.69) is 4.72 Å². The van der Waals surface area contributed by atoms with Crippen molar-refractivity contribution >= 4 is 15.7 Å². The van der Waals surface area contributed by atoms with Crippen LogP contribution in [0.1, 0.15) is 24.1 Å². The summed E-state index contributed by atoms with van der Waals surface area (Å²) in [5.74, 6) is 0. The van der Waals surface area contributed by atoms with Gasteiger partial charge in [-0.1, -0.05) is 24.3 Å². The second kappa shape index (κ2) is 6.25. The average Bonchev–Trinajstić information content (AvgIpc) is 2.47. The molecular formula is C15H16N2O4S. The monoisotopic (exact) mass is 320 g/mol. The summed E-state index contributed by atoms with van der Waals surface area (Å²) in [5.41, 5.74) is 1.48. The summed E-state index contributed by atoms with van der Waals surface area (Å²) in [5, 5.41) is 10.6. The van der Waals surface area contributed by atoms with E-state index >= 15 is 0 Å². The third-order valence-electron chi connectivity index (χ3n) is 3.24. The predicted octanol–water partition coefficient (Wildman–Crippen LogP) is 2.94. The van der Waals surface area contributed by atoms with E-state index in [9.17, 15) is 18.5 Å². The lowest BCUT2D eigenvalue weighted by Gasteiger charge is -2.15. The molecule has 0 radical (unpaired) electrons. The molecule has 0 aliphatic heterocycles. The maximum Gasteiger partial charge on any atom is 0.269 e. The van der Waals surface area contributed by atoms with Crippen LogP contribution in [0.2, 0.25) is 0 Å². The number of hydrogen-bond acceptors (Lipinski definition) is 4.